The second-order valence-electron chi connectivity index (χ2n) is 9.89. The van der Waals surface area contributed by atoms with Crippen molar-refractivity contribution in [2.75, 3.05) is 38.0 Å². The summed E-state index contributed by atoms with van der Waals surface area (Å²) in [5.41, 5.74) is 2.98. The van der Waals surface area contributed by atoms with Crippen LogP contribution in [0, 0.1) is 11.6 Å². The van der Waals surface area contributed by atoms with E-state index in [2.05, 4.69) is 15.5 Å². The number of esters is 1. The number of anilines is 1. The molecule has 0 bridgehead atoms. The van der Waals surface area contributed by atoms with Gasteiger partial charge in [-0.1, -0.05) is 42.5 Å². The minimum atomic E-state index is -0.292. The molecule has 2 N–H and O–H groups in total. The first-order valence-corrected chi connectivity index (χ1v) is 13.4. The molecule has 4 rings (SSSR count). The molecule has 1 fully saturated rings. The van der Waals surface area contributed by atoms with Crippen molar-refractivity contribution in [3.8, 4) is 0 Å². The SMILES string of the molecule is CC(=O)OC(CNc1ccccc1)CC(CCC(c1ccc(F)cc1)c1ccc(F)cc1)N1CCNCC1. The maximum atomic E-state index is 13.7. The average molecular weight is 522 g/mol. The van der Waals surface area contributed by atoms with Crippen molar-refractivity contribution in [2.45, 2.75) is 44.2 Å². The van der Waals surface area contributed by atoms with Gasteiger partial charge in [-0.05, 0) is 60.4 Å². The van der Waals surface area contributed by atoms with Crippen molar-refractivity contribution >= 4 is 11.7 Å². The van der Waals surface area contributed by atoms with Crippen LogP contribution < -0.4 is 10.6 Å². The lowest BCUT2D eigenvalue weighted by atomic mass is 9.85. The molecule has 1 saturated heterocycles. The second kappa shape index (κ2) is 14.0. The molecular weight excluding hydrogens is 484 g/mol. The maximum absolute atomic E-state index is 13.7. The zero-order chi connectivity index (χ0) is 26.7. The van der Waals surface area contributed by atoms with Gasteiger partial charge in [-0.25, -0.2) is 8.78 Å². The van der Waals surface area contributed by atoms with Crippen molar-refractivity contribution in [3.05, 3.63) is 102 Å². The van der Waals surface area contributed by atoms with Crippen LogP contribution in [0.25, 0.3) is 0 Å². The topological polar surface area (TPSA) is 53.6 Å². The quantitative estimate of drug-likeness (QED) is 0.305. The number of piperazine rings is 1. The van der Waals surface area contributed by atoms with Gasteiger partial charge in [0, 0.05) is 57.2 Å². The highest BCUT2D eigenvalue weighted by Gasteiger charge is 2.27. The van der Waals surface area contributed by atoms with Gasteiger partial charge in [0.2, 0.25) is 0 Å². The molecule has 1 aliphatic rings. The highest BCUT2D eigenvalue weighted by atomic mass is 19.1. The summed E-state index contributed by atoms with van der Waals surface area (Å²) in [4.78, 5) is 14.5. The van der Waals surface area contributed by atoms with Gasteiger partial charge in [-0.15, -0.1) is 0 Å². The summed E-state index contributed by atoms with van der Waals surface area (Å²) in [7, 11) is 0. The zero-order valence-electron chi connectivity index (χ0n) is 21.9. The van der Waals surface area contributed by atoms with Crippen LogP contribution in [0.1, 0.15) is 43.2 Å². The van der Waals surface area contributed by atoms with Crippen LogP contribution >= 0.6 is 0 Å². The zero-order valence-corrected chi connectivity index (χ0v) is 21.9. The van der Waals surface area contributed by atoms with Gasteiger partial charge in [-0.2, -0.15) is 0 Å². The van der Waals surface area contributed by atoms with Crippen LogP contribution in [-0.2, 0) is 9.53 Å². The van der Waals surface area contributed by atoms with Crippen molar-refractivity contribution in [2.24, 2.45) is 0 Å². The molecule has 0 spiro atoms. The number of nitrogens with one attached hydrogen (secondary N) is 2. The van der Waals surface area contributed by atoms with Crippen molar-refractivity contribution in [1.29, 1.82) is 0 Å². The van der Waals surface area contributed by atoms with Crippen LogP contribution in [0.3, 0.4) is 0 Å². The molecule has 2 unspecified atom stereocenters. The Morgan fingerprint density at radius 3 is 2.03 bits per heavy atom. The molecule has 1 heterocycles. The Morgan fingerprint density at radius 2 is 1.47 bits per heavy atom. The van der Waals surface area contributed by atoms with Gasteiger partial charge in [0.05, 0.1) is 6.54 Å². The molecule has 3 aromatic rings. The molecule has 0 aliphatic carbocycles. The van der Waals surface area contributed by atoms with Crippen molar-refractivity contribution < 1.29 is 18.3 Å². The third-order valence-corrected chi connectivity index (χ3v) is 7.18. The van der Waals surface area contributed by atoms with E-state index in [4.69, 9.17) is 4.74 Å². The Hall–Kier alpha value is -3.29. The summed E-state index contributed by atoms with van der Waals surface area (Å²) in [6, 6.07) is 23.2. The summed E-state index contributed by atoms with van der Waals surface area (Å²) in [6.07, 6.45) is 2.05. The summed E-state index contributed by atoms with van der Waals surface area (Å²) in [5.74, 6) is -0.850. The number of ether oxygens (including phenoxy) is 1. The second-order valence-corrected chi connectivity index (χ2v) is 9.89. The monoisotopic (exact) mass is 521 g/mol. The molecule has 0 radical (unpaired) electrons. The van der Waals surface area contributed by atoms with Gasteiger partial charge in [0.15, 0.2) is 0 Å². The Labute approximate surface area is 224 Å². The average Bonchev–Trinajstić information content (AvgIpc) is 2.93. The standard InChI is InChI=1S/C31H37F2N3O2/c1-23(37)38-30(22-35-28-5-3-2-4-6-28)21-29(36-19-17-34-18-20-36)15-16-31(24-7-11-26(32)12-8-24)25-9-13-27(33)14-10-25/h2-14,29-31,34-35H,15-22H2,1H3. The van der Waals surface area contributed by atoms with Crippen LogP contribution in [0.15, 0.2) is 78.9 Å². The number of benzene rings is 3. The highest BCUT2D eigenvalue weighted by molar-refractivity contribution is 5.66. The fourth-order valence-electron chi connectivity index (χ4n) is 5.27. The number of carbonyl (C=O) groups excluding carboxylic acids is 1. The van der Waals surface area contributed by atoms with Gasteiger partial charge in [0.25, 0.3) is 0 Å². The van der Waals surface area contributed by atoms with Crippen molar-refractivity contribution in [3.63, 3.8) is 0 Å². The molecule has 5 nitrogen and oxygen atoms in total. The maximum Gasteiger partial charge on any atom is 0.302 e. The molecule has 0 amide bonds. The lowest BCUT2D eigenvalue weighted by Crippen LogP contribution is -2.50. The normalized spacial score (nSPS) is 15.7. The predicted molar refractivity (Wildman–Crippen MR) is 147 cm³/mol. The van der Waals surface area contributed by atoms with E-state index < -0.39 is 0 Å². The summed E-state index contributed by atoms with van der Waals surface area (Å²) < 4.78 is 33.2. The Morgan fingerprint density at radius 1 is 0.895 bits per heavy atom. The molecule has 7 heteroatoms. The molecule has 0 saturated carbocycles. The smallest absolute Gasteiger partial charge is 0.302 e. The number of halogens is 2. The molecular formula is C31H37F2N3O2. The Kier molecular flexibility index (Phi) is 10.2. The summed E-state index contributed by atoms with van der Waals surface area (Å²) in [5, 5.41) is 6.82. The van der Waals surface area contributed by atoms with E-state index in [0.717, 1.165) is 55.8 Å². The first-order chi connectivity index (χ1) is 18.5. The molecule has 3 aromatic carbocycles. The van der Waals surface area contributed by atoms with Gasteiger partial charge in [0.1, 0.15) is 17.7 Å². The van der Waals surface area contributed by atoms with E-state index in [-0.39, 0.29) is 35.7 Å². The highest BCUT2D eigenvalue weighted by Crippen LogP contribution is 2.32. The lowest BCUT2D eigenvalue weighted by Gasteiger charge is -2.37. The largest absolute Gasteiger partial charge is 0.461 e. The molecule has 38 heavy (non-hydrogen) atoms. The van der Waals surface area contributed by atoms with E-state index in [1.165, 1.54) is 31.2 Å². The van der Waals surface area contributed by atoms with Crippen LogP contribution in [0.4, 0.5) is 14.5 Å². The van der Waals surface area contributed by atoms with E-state index in [0.29, 0.717) is 13.0 Å². The fourth-order valence-corrected chi connectivity index (χ4v) is 5.27. The van der Waals surface area contributed by atoms with E-state index in [1.807, 2.05) is 54.6 Å². The number of para-hydroxylation sites is 1. The molecule has 2 atom stereocenters. The van der Waals surface area contributed by atoms with Crippen LogP contribution in [0.2, 0.25) is 0 Å². The van der Waals surface area contributed by atoms with Crippen LogP contribution in [0.5, 0.6) is 0 Å². The summed E-state index contributed by atoms with van der Waals surface area (Å²) in [6.45, 7) is 5.63. The lowest BCUT2D eigenvalue weighted by molar-refractivity contribution is -0.146. The Bertz CT molecular complexity index is 1070. The third kappa shape index (κ3) is 8.36. The number of carbonyl (C=O) groups is 1. The Balaban J connectivity index is 1.52. The first kappa shape index (κ1) is 27.7. The molecule has 202 valence electrons. The molecule has 1 aliphatic heterocycles. The van der Waals surface area contributed by atoms with Crippen molar-refractivity contribution in [1.82, 2.24) is 10.2 Å². The number of rotatable bonds is 12. The molecule has 0 aromatic heterocycles. The summed E-state index contributed by atoms with van der Waals surface area (Å²) >= 11 is 0. The predicted octanol–water partition coefficient (Wildman–Crippen LogP) is 5.58. The van der Waals surface area contributed by atoms with E-state index >= 15 is 0 Å². The van der Waals surface area contributed by atoms with Gasteiger partial charge < -0.3 is 15.4 Å². The third-order valence-electron chi connectivity index (χ3n) is 7.18. The van der Waals surface area contributed by atoms with E-state index in [1.54, 1.807) is 0 Å². The first-order valence-electron chi connectivity index (χ1n) is 13.4. The fraction of sp³-hybridized carbons (Fsp3) is 0.387. The van der Waals surface area contributed by atoms with Crippen LogP contribution in [-0.4, -0.2) is 55.7 Å². The minimum Gasteiger partial charge on any atom is -0.461 e. The van der Waals surface area contributed by atoms with E-state index in [9.17, 15) is 13.6 Å². The number of hydrogen-bond donors (Lipinski definition) is 2. The van der Waals surface area contributed by atoms with Gasteiger partial charge in [-0.3, -0.25) is 9.69 Å². The minimum absolute atomic E-state index is 0.00349. The number of hydrogen-bond acceptors (Lipinski definition) is 5. The van der Waals surface area contributed by atoms with Gasteiger partial charge >= 0.3 is 5.97 Å². The number of nitrogens with zero attached hydrogens (tertiary/aromatic N) is 1.